The molecule has 2 N–H and O–H groups in total. The molecule has 1 aliphatic rings. The van der Waals surface area contributed by atoms with E-state index >= 15 is 0 Å². The van der Waals surface area contributed by atoms with E-state index in [1.54, 1.807) is 12.1 Å². The van der Waals surface area contributed by atoms with Crippen molar-refractivity contribution in [1.29, 1.82) is 0 Å². The summed E-state index contributed by atoms with van der Waals surface area (Å²) in [4.78, 5) is 10.3. The van der Waals surface area contributed by atoms with Crippen LogP contribution in [0, 0.1) is 10.1 Å². The lowest BCUT2D eigenvalue weighted by molar-refractivity contribution is -0.384. The number of hydrogen-bond acceptors (Lipinski definition) is 4. The quantitative estimate of drug-likeness (QED) is 0.662. The third-order valence-corrected chi connectivity index (χ3v) is 3.80. The summed E-state index contributed by atoms with van der Waals surface area (Å²) in [6.07, 6.45) is 3.63. The lowest BCUT2D eigenvalue weighted by Crippen LogP contribution is -2.39. The normalized spacial score (nSPS) is 19.5. The van der Waals surface area contributed by atoms with Gasteiger partial charge in [-0.1, -0.05) is 6.42 Å². The summed E-state index contributed by atoms with van der Waals surface area (Å²) >= 11 is 3.40. The van der Waals surface area contributed by atoms with E-state index in [9.17, 15) is 10.1 Å². The Labute approximate surface area is 114 Å². The van der Waals surface area contributed by atoms with Crippen LogP contribution in [0.2, 0.25) is 0 Å². The average molecular weight is 314 g/mol. The molecule has 0 amide bonds. The highest BCUT2D eigenvalue weighted by molar-refractivity contribution is 9.10. The monoisotopic (exact) mass is 313 g/mol. The fourth-order valence-corrected chi connectivity index (χ4v) is 2.48. The molecule has 2 rings (SSSR count). The zero-order valence-electron chi connectivity index (χ0n) is 9.99. The van der Waals surface area contributed by atoms with E-state index in [-0.39, 0.29) is 10.6 Å². The van der Waals surface area contributed by atoms with Crippen molar-refractivity contribution < 1.29 is 4.92 Å². The van der Waals surface area contributed by atoms with Crippen LogP contribution in [0.3, 0.4) is 0 Å². The molecule has 1 fully saturated rings. The minimum absolute atomic E-state index is 0.109. The van der Waals surface area contributed by atoms with Crippen LogP contribution in [0.1, 0.15) is 19.3 Å². The highest BCUT2D eigenvalue weighted by Gasteiger charge is 2.14. The molecule has 18 heavy (non-hydrogen) atoms. The molecule has 1 aromatic carbocycles. The first-order chi connectivity index (χ1) is 8.66. The van der Waals surface area contributed by atoms with Gasteiger partial charge in [0.25, 0.3) is 5.69 Å². The van der Waals surface area contributed by atoms with Crippen molar-refractivity contribution in [3.8, 4) is 0 Å². The molecule has 98 valence electrons. The van der Waals surface area contributed by atoms with Crippen LogP contribution in [0.4, 0.5) is 11.4 Å². The zero-order chi connectivity index (χ0) is 13.0. The van der Waals surface area contributed by atoms with E-state index in [0.717, 1.165) is 29.7 Å². The van der Waals surface area contributed by atoms with Crippen LogP contribution >= 0.6 is 15.9 Å². The van der Waals surface area contributed by atoms with Gasteiger partial charge in [0.05, 0.1) is 10.6 Å². The summed E-state index contributed by atoms with van der Waals surface area (Å²) in [5, 5.41) is 17.4. The number of nitrogens with zero attached hydrogens (tertiary/aromatic N) is 1. The molecule has 1 saturated heterocycles. The summed E-state index contributed by atoms with van der Waals surface area (Å²) in [5.74, 6) is 0. The fraction of sp³-hybridized carbons (Fsp3) is 0.500. The second-order valence-electron chi connectivity index (χ2n) is 4.45. The van der Waals surface area contributed by atoms with Crippen LogP contribution in [0.25, 0.3) is 0 Å². The maximum absolute atomic E-state index is 10.7. The van der Waals surface area contributed by atoms with E-state index in [1.165, 1.54) is 18.9 Å². The first-order valence-electron chi connectivity index (χ1n) is 6.08. The lowest BCUT2D eigenvalue weighted by atomic mass is 10.1. The number of nitro groups is 1. The Bertz CT molecular complexity index is 433. The summed E-state index contributed by atoms with van der Waals surface area (Å²) in [5.41, 5.74) is 0.883. The van der Waals surface area contributed by atoms with E-state index in [0.29, 0.717) is 6.04 Å². The van der Waals surface area contributed by atoms with Crippen molar-refractivity contribution in [3.05, 3.63) is 32.8 Å². The standard InChI is InChI=1S/C12H16BrN3O2/c13-11-5-4-10(16(17)18)7-12(11)15-8-9-3-1-2-6-14-9/h4-5,7,9,14-15H,1-3,6,8H2. The third-order valence-electron chi connectivity index (χ3n) is 3.11. The van der Waals surface area contributed by atoms with E-state index in [2.05, 4.69) is 26.6 Å². The van der Waals surface area contributed by atoms with Crippen LogP contribution < -0.4 is 10.6 Å². The Morgan fingerprint density at radius 2 is 2.33 bits per heavy atom. The molecule has 6 heteroatoms. The van der Waals surface area contributed by atoms with Gasteiger partial charge in [-0.25, -0.2) is 0 Å². The molecule has 0 radical (unpaired) electrons. The molecule has 1 unspecified atom stereocenters. The number of piperidine rings is 1. The largest absolute Gasteiger partial charge is 0.382 e. The Morgan fingerprint density at radius 1 is 1.50 bits per heavy atom. The smallest absolute Gasteiger partial charge is 0.271 e. The van der Waals surface area contributed by atoms with Gasteiger partial charge in [0, 0.05) is 29.2 Å². The Morgan fingerprint density at radius 3 is 3.00 bits per heavy atom. The van der Waals surface area contributed by atoms with Gasteiger partial charge in [0.15, 0.2) is 0 Å². The average Bonchev–Trinajstić information content (AvgIpc) is 2.38. The van der Waals surface area contributed by atoms with Gasteiger partial charge in [-0.15, -0.1) is 0 Å². The van der Waals surface area contributed by atoms with Gasteiger partial charge in [-0.2, -0.15) is 0 Å². The highest BCUT2D eigenvalue weighted by Crippen LogP contribution is 2.27. The molecule has 1 aromatic rings. The molecule has 0 saturated carbocycles. The number of non-ortho nitro benzene ring substituents is 1. The Hall–Kier alpha value is -1.14. The first-order valence-corrected chi connectivity index (χ1v) is 6.87. The molecule has 1 heterocycles. The number of hydrogen-bond donors (Lipinski definition) is 2. The molecule has 0 aliphatic carbocycles. The Balaban J connectivity index is 1.99. The van der Waals surface area contributed by atoms with Gasteiger partial charge in [0.2, 0.25) is 0 Å². The Kier molecular flexibility index (Phi) is 4.54. The van der Waals surface area contributed by atoms with E-state index in [1.807, 2.05) is 0 Å². The van der Waals surface area contributed by atoms with E-state index < -0.39 is 0 Å². The lowest BCUT2D eigenvalue weighted by Gasteiger charge is -2.24. The number of halogens is 1. The number of rotatable bonds is 4. The molecule has 1 atom stereocenters. The fourth-order valence-electron chi connectivity index (χ4n) is 2.09. The molecule has 5 nitrogen and oxygen atoms in total. The summed E-state index contributed by atoms with van der Waals surface area (Å²) in [6, 6.07) is 5.21. The van der Waals surface area contributed by atoms with Gasteiger partial charge in [0.1, 0.15) is 0 Å². The maximum Gasteiger partial charge on any atom is 0.271 e. The van der Waals surface area contributed by atoms with Gasteiger partial charge in [-0.3, -0.25) is 10.1 Å². The minimum Gasteiger partial charge on any atom is -0.382 e. The van der Waals surface area contributed by atoms with Crippen LogP contribution in [0.15, 0.2) is 22.7 Å². The SMILES string of the molecule is O=[N+]([O-])c1ccc(Br)c(NCC2CCCCN2)c1. The van der Waals surface area contributed by atoms with Crippen molar-refractivity contribution in [2.45, 2.75) is 25.3 Å². The van der Waals surface area contributed by atoms with Crippen molar-refractivity contribution in [3.63, 3.8) is 0 Å². The van der Waals surface area contributed by atoms with Crippen molar-refractivity contribution >= 4 is 27.3 Å². The molecule has 0 spiro atoms. The van der Waals surface area contributed by atoms with Crippen LogP contribution in [-0.4, -0.2) is 24.1 Å². The predicted octanol–water partition coefficient (Wildman–Crippen LogP) is 2.91. The van der Waals surface area contributed by atoms with Gasteiger partial charge in [-0.05, 0) is 41.4 Å². The second kappa shape index (κ2) is 6.15. The second-order valence-corrected chi connectivity index (χ2v) is 5.30. The molecule has 0 aromatic heterocycles. The van der Waals surface area contributed by atoms with Crippen LogP contribution in [0.5, 0.6) is 0 Å². The predicted molar refractivity (Wildman–Crippen MR) is 74.9 cm³/mol. The first kappa shape index (κ1) is 13.3. The summed E-state index contributed by atoms with van der Waals surface area (Å²) in [7, 11) is 0. The van der Waals surface area contributed by atoms with Gasteiger partial charge < -0.3 is 10.6 Å². The maximum atomic E-state index is 10.7. The molecule has 1 aliphatic heterocycles. The number of nitro benzene ring substituents is 1. The van der Waals surface area contributed by atoms with Gasteiger partial charge >= 0.3 is 0 Å². The van der Waals surface area contributed by atoms with Crippen molar-refractivity contribution in [1.82, 2.24) is 5.32 Å². The van der Waals surface area contributed by atoms with E-state index in [4.69, 9.17) is 0 Å². The van der Waals surface area contributed by atoms with Crippen molar-refractivity contribution in [2.75, 3.05) is 18.4 Å². The highest BCUT2D eigenvalue weighted by atomic mass is 79.9. The molecular formula is C12H16BrN3O2. The van der Waals surface area contributed by atoms with Crippen LogP contribution in [-0.2, 0) is 0 Å². The molecule has 0 bridgehead atoms. The third kappa shape index (κ3) is 3.43. The number of nitrogens with one attached hydrogen (secondary N) is 2. The van der Waals surface area contributed by atoms with Crippen molar-refractivity contribution in [2.24, 2.45) is 0 Å². The topological polar surface area (TPSA) is 67.2 Å². The summed E-state index contributed by atoms with van der Waals surface area (Å²) in [6.45, 7) is 1.85. The number of anilines is 1. The number of benzene rings is 1. The minimum atomic E-state index is -0.378. The molecular weight excluding hydrogens is 298 g/mol. The summed E-state index contributed by atoms with van der Waals surface area (Å²) < 4.78 is 0.851. The zero-order valence-corrected chi connectivity index (χ0v) is 11.6.